The highest BCUT2D eigenvalue weighted by Crippen LogP contribution is 2.33. The van der Waals surface area contributed by atoms with Crippen molar-refractivity contribution < 1.29 is 4.42 Å². The Kier molecular flexibility index (Phi) is 3.71. The lowest BCUT2D eigenvalue weighted by Gasteiger charge is -2.25. The Bertz CT molecular complexity index is 546. The van der Waals surface area contributed by atoms with E-state index < -0.39 is 0 Å². The molecular weight excluding hydrogens is 256 g/mol. The molecule has 2 aromatic heterocycles. The molecule has 3 rings (SSSR count). The second-order valence-electron chi connectivity index (χ2n) is 5.15. The van der Waals surface area contributed by atoms with Crippen LogP contribution in [0.25, 0.3) is 0 Å². The summed E-state index contributed by atoms with van der Waals surface area (Å²) in [5.41, 5.74) is 1.34. The number of aryl methyl sites for hydroxylation is 2. The minimum Gasteiger partial charge on any atom is -0.469 e. The average molecular weight is 276 g/mol. The molecule has 2 heterocycles. The molecule has 102 valence electrons. The molecule has 0 amide bonds. The Morgan fingerprint density at radius 3 is 3.26 bits per heavy atom. The van der Waals surface area contributed by atoms with E-state index in [0.29, 0.717) is 12.1 Å². The highest BCUT2D eigenvalue weighted by atomic mass is 32.1. The van der Waals surface area contributed by atoms with Crippen molar-refractivity contribution in [3.05, 3.63) is 39.7 Å². The lowest BCUT2D eigenvalue weighted by Crippen LogP contribution is -2.27. The molecule has 0 fully saturated rings. The lowest BCUT2D eigenvalue weighted by molar-refractivity contribution is 0.385. The molecular formula is C15H20N2OS. The molecule has 1 aliphatic rings. The fraction of sp³-hybridized carbons (Fsp3) is 0.533. The van der Waals surface area contributed by atoms with Gasteiger partial charge in [0.25, 0.3) is 0 Å². The SMILES string of the molecule is CCc1cnc([C@@H](C)N[C@@H]2CCCc3occc32)s1. The van der Waals surface area contributed by atoms with E-state index in [0.717, 1.165) is 18.6 Å². The highest BCUT2D eigenvalue weighted by Gasteiger charge is 2.24. The van der Waals surface area contributed by atoms with Crippen LogP contribution in [0.4, 0.5) is 0 Å². The fourth-order valence-electron chi connectivity index (χ4n) is 2.72. The van der Waals surface area contributed by atoms with Crippen LogP contribution in [0.3, 0.4) is 0 Å². The molecule has 0 radical (unpaired) electrons. The number of hydrogen-bond acceptors (Lipinski definition) is 4. The Morgan fingerprint density at radius 2 is 2.47 bits per heavy atom. The van der Waals surface area contributed by atoms with Gasteiger partial charge in [-0.15, -0.1) is 11.3 Å². The molecule has 4 heteroatoms. The summed E-state index contributed by atoms with van der Waals surface area (Å²) in [6.07, 6.45) is 8.34. The first-order chi connectivity index (χ1) is 9.28. The number of rotatable bonds is 4. The van der Waals surface area contributed by atoms with Crippen molar-refractivity contribution in [1.29, 1.82) is 0 Å². The third-order valence-corrected chi connectivity index (χ3v) is 5.12. The Hall–Kier alpha value is -1.13. The van der Waals surface area contributed by atoms with Crippen molar-refractivity contribution in [2.75, 3.05) is 0 Å². The van der Waals surface area contributed by atoms with Crippen LogP contribution in [0, 0.1) is 0 Å². The van der Waals surface area contributed by atoms with Crippen LogP contribution in [0.2, 0.25) is 0 Å². The van der Waals surface area contributed by atoms with Crippen molar-refractivity contribution in [1.82, 2.24) is 10.3 Å². The van der Waals surface area contributed by atoms with E-state index in [-0.39, 0.29) is 0 Å². The van der Waals surface area contributed by atoms with Crippen LogP contribution in [0.15, 0.2) is 22.9 Å². The molecule has 19 heavy (non-hydrogen) atoms. The Balaban J connectivity index is 1.72. The fourth-order valence-corrected chi connectivity index (χ4v) is 3.59. The molecule has 1 N–H and O–H groups in total. The second-order valence-corrected chi connectivity index (χ2v) is 6.30. The third-order valence-electron chi connectivity index (χ3n) is 3.79. The van der Waals surface area contributed by atoms with Crippen LogP contribution in [-0.2, 0) is 12.8 Å². The van der Waals surface area contributed by atoms with E-state index >= 15 is 0 Å². The Labute approximate surface area is 118 Å². The summed E-state index contributed by atoms with van der Waals surface area (Å²) < 4.78 is 5.54. The first-order valence-corrected chi connectivity index (χ1v) is 7.86. The number of fused-ring (bicyclic) bond motifs is 1. The van der Waals surface area contributed by atoms with E-state index in [2.05, 4.69) is 30.2 Å². The summed E-state index contributed by atoms with van der Waals surface area (Å²) in [5, 5.41) is 4.89. The number of aromatic nitrogens is 1. The molecule has 0 saturated heterocycles. The lowest BCUT2D eigenvalue weighted by atomic mass is 9.93. The summed E-state index contributed by atoms with van der Waals surface area (Å²) >= 11 is 1.82. The van der Waals surface area contributed by atoms with Crippen LogP contribution < -0.4 is 5.32 Å². The maximum Gasteiger partial charge on any atom is 0.109 e. The minimum absolute atomic E-state index is 0.302. The number of nitrogens with one attached hydrogen (secondary N) is 1. The van der Waals surface area contributed by atoms with Gasteiger partial charge in [0.05, 0.1) is 12.3 Å². The van der Waals surface area contributed by atoms with Crippen molar-refractivity contribution >= 4 is 11.3 Å². The van der Waals surface area contributed by atoms with Crippen molar-refractivity contribution in [2.24, 2.45) is 0 Å². The number of furan rings is 1. The average Bonchev–Trinajstić information content (AvgIpc) is 3.08. The monoisotopic (exact) mass is 276 g/mol. The van der Waals surface area contributed by atoms with Gasteiger partial charge in [0.1, 0.15) is 10.8 Å². The molecule has 3 nitrogen and oxygen atoms in total. The summed E-state index contributed by atoms with van der Waals surface area (Å²) in [4.78, 5) is 5.89. The van der Waals surface area contributed by atoms with Gasteiger partial charge in [0.2, 0.25) is 0 Å². The summed E-state index contributed by atoms with van der Waals surface area (Å²) in [6.45, 7) is 4.38. The van der Waals surface area contributed by atoms with Crippen LogP contribution in [0.1, 0.15) is 60.0 Å². The van der Waals surface area contributed by atoms with Gasteiger partial charge in [-0.25, -0.2) is 4.98 Å². The van der Waals surface area contributed by atoms with Gasteiger partial charge in [-0.3, -0.25) is 0 Å². The number of hydrogen-bond donors (Lipinski definition) is 1. The molecule has 0 unspecified atom stereocenters. The van der Waals surface area contributed by atoms with Crippen molar-refractivity contribution in [2.45, 2.75) is 51.6 Å². The van der Waals surface area contributed by atoms with Gasteiger partial charge < -0.3 is 9.73 Å². The quantitative estimate of drug-likeness (QED) is 0.916. The largest absolute Gasteiger partial charge is 0.469 e. The standard InChI is InChI=1S/C15H20N2OS/c1-3-11-9-16-15(19-11)10(2)17-13-5-4-6-14-12(13)7-8-18-14/h7-10,13,17H,3-6H2,1-2H3/t10-,13-/m1/s1. The maximum atomic E-state index is 5.54. The predicted octanol–water partition coefficient (Wildman–Crippen LogP) is 4.03. The van der Waals surface area contributed by atoms with Crippen LogP contribution in [0.5, 0.6) is 0 Å². The van der Waals surface area contributed by atoms with Gasteiger partial charge >= 0.3 is 0 Å². The molecule has 0 spiro atoms. The predicted molar refractivity (Wildman–Crippen MR) is 77.4 cm³/mol. The molecule has 2 atom stereocenters. The second kappa shape index (κ2) is 5.47. The zero-order valence-electron chi connectivity index (χ0n) is 11.5. The van der Waals surface area contributed by atoms with Gasteiger partial charge in [0.15, 0.2) is 0 Å². The van der Waals surface area contributed by atoms with E-state index in [1.807, 2.05) is 23.8 Å². The van der Waals surface area contributed by atoms with Crippen molar-refractivity contribution in [3.8, 4) is 0 Å². The van der Waals surface area contributed by atoms with E-state index in [9.17, 15) is 0 Å². The van der Waals surface area contributed by atoms with Gasteiger partial charge in [0, 0.05) is 29.1 Å². The minimum atomic E-state index is 0.302. The number of nitrogens with zero attached hydrogens (tertiary/aromatic N) is 1. The molecule has 1 aliphatic carbocycles. The van der Waals surface area contributed by atoms with E-state index in [4.69, 9.17) is 4.42 Å². The van der Waals surface area contributed by atoms with Gasteiger partial charge in [-0.05, 0) is 32.3 Å². The van der Waals surface area contributed by atoms with Gasteiger partial charge in [-0.1, -0.05) is 6.92 Å². The zero-order valence-corrected chi connectivity index (χ0v) is 12.3. The topological polar surface area (TPSA) is 38.1 Å². The summed E-state index contributed by atoms with van der Waals surface area (Å²) in [5.74, 6) is 1.16. The molecule has 2 aromatic rings. The van der Waals surface area contributed by atoms with E-state index in [1.54, 1.807) is 0 Å². The first kappa shape index (κ1) is 12.9. The van der Waals surface area contributed by atoms with E-state index in [1.165, 1.54) is 28.3 Å². The molecule has 0 aromatic carbocycles. The number of thiazole rings is 1. The Morgan fingerprint density at radius 1 is 1.58 bits per heavy atom. The maximum absolute atomic E-state index is 5.54. The van der Waals surface area contributed by atoms with Crippen molar-refractivity contribution in [3.63, 3.8) is 0 Å². The summed E-state index contributed by atoms with van der Waals surface area (Å²) in [6, 6.07) is 2.82. The molecule has 0 bridgehead atoms. The third kappa shape index (κ3) is 2.60. The first-order valence-electron chi connectivity index (χ1n) is 7.05. The zero-order chi connectivity index (χ0) is 13.2. The highest BCUT2D eigenvalue weighted by molar-refractivity contribution is 7.11. The van der Waals surface area contributed by atoms with Crippen LogP contribution in [-0.4, -0.2) is 4.98 Å². The van der Waals surface area contributed by atoms with Crippen LogP contribution >= 0.6 is 11.3 Å². The normalized spacial score (nSPS) is 20.2. The molecule has 0 saturated carbocycles. The molecule has 0 aliphatic heterocycles. The smallest absolute Gasteiger partial charge is 0.109 e. The summed E-state index contributed by atoms with van der Waals surface area (Å²) in [7, 11) is 0. The van der Waals surface area contributed by atoms with Gasteiger partial charge in [-0.2, -0.15) is 0 Å².